The van der Waals surface area contributed by atoms with Gasteiger partial charge in [0.2, 0.25) is 0 Å². The Labute approximate surface area is 121 Å². The minimum atomic E-state index is 0.0626. The van der Waals surface area contributed by atoms with Gasteiger partial charge >= 0.3 is 6.03 Å². The van der Waals surface area contributed by atoms with E-state index < -0.39 is 0 Å². The largest absolute Gasteiger partial charge is 0.381 e. The van der Waals surface area contributed by atoms with Gasteiger partial charge in [-0.2, -0.15) is 0 Å². The Morgan fingerprint density at radius 1 is 1.30 bits per heavy atom. The molecular formula is C16H24N2O2. The van der Waals surface area contributed by atoms with Gasteiger partial charge in [0.25, 0.3) is 0 Å². The summed E-state index contributed by atoms with van der Waals surface area (Å²) in [6.07, 6.45) is 4.18. The maximum atomic E-state index is 12.0. The maximum Gasteiger partial charge on any atom is 0.317 e. The predicted octanol–water partition coefficient (Wildman–Crippen LogP) is 2.44. The van der Waals surface area contributed by atoms with E-state index in [1.54, 1.807) is 7.11 Å². The van der Waals surface area contributed by atoms with E-state index in [0.717, 1.165) is 45.3 Å². The van der Waals surface area contributed by atoms with Crippen LogP contribution in [0.2, 0.25) is 0 Å². The molecule has 1 aromatic carbocycles. The number of methoxy groups -OCH3 is 1. The molecule has 0 aromatic heterocycles. The molecule has 110 valence electrons. The van der Waals surface area contributed by atoms with Gasteiger partial charge in [-0.3, -0.25) is 0 Å². The van der Waals surface area contributed by atoms with Crippen LogP contribution in [0.3, 0.4) is 0 Å². The number of urea groups is 1. The van der Waals surface area contributed by atoms with Crippen LogP contribution in [0.25, 0.3) is 0 Å². The average Bonchev–Trinajstić information content (AvgIpc) is 2.52. The quantitative estimate of drug-likeness (QED) is 0.839. The number of hydrogen-bond acceptors (Lipinski definition) is 2. The van der Waals surface area contributed by atoms with Crippen LogP contribution in [0.1, 0.15) is 24.8 Å². The first-order valence-corrected chi connectivity index (χ1v) is 7.39. The molecule has 2 rings (SSSR count). The third kappa shape index (κ3) is 4.53. The Balaban J connectivity index is 1.61. The summed E-state index contributed by atoms with van der Waals surface area (Å²) in [5.74, 6) is 0. The second-order valence-corrected chi connectivity index (χ2v) is 5.24. The molecule has 1 N–H and O–H groups in total. The smallest absolute Gasteiger partial charge is 0.317 e. The Kier molecular flexibility index (Phi) is 5.87. The number of aryl methyl sites for hydroxylation is 1. The Hall–Kier alpha value is -1.55. The number of benzene rings is 1. The van der Waals surface area contributed by atoms with Crippen molar-refractivity contribution in [2.24, 2.45) is 0 Å². The van der Waals surface area contributed by atoms with Gasteiger partial charge in [-0.1, -0.05) is 30.3 Å². The van der Waals surface area contributed by atoms with E-state index in [-0.39, 0.29) is 6.03 Å². The minimum Gasteiger partial charge on any atom is -0.381 e. The van der Waals surface area contributed by atoms with E-state index in [2.05, 4.69) is 17.4 Å². The molecule has 0 saturated carbocycles. The Morgan fingerprint density at radius 2 is 2.00 bits per heavy atom. The first kappa shape index (κ1) is 14.9. The molecule has 0 atom stereocenters. The topological polar surface area (TPSA) is 41.6 Å². The summed E-state index contributed by atoms with van der Waals surface area (Å²) in [6, 6.07) is 10.4. The summed E-state index contributed by atoms with van der Waals surface area (Å²) in [5, 5.41) is 3.00. The number of nitrogens with zero attached hydrogens (tertiary/aromatic N) is 1. The third-order valence-corrected chi connectivity index (χ3v) is 3.82. The van der Waals surface area contributed by atoms with Gasteiger partial charge in [0, 0.05) is 26.7 Å². The van der Waals surface area contributed by atoms with Gasteiger partial charge in [0.1, 0.15) is 0 Å². The van der Waals surface area contributed by atoms with Crippen molar-refractivity contribution in [1.29, 1.82) is 0 Å². The van der Waals surface area contributed by atoms with Crippen LogP contribution >= 0.6 is 0 Å². The van der Waals surface area contributed by atoms with Crippen molar-refractivity contribution in [2.45, 2.75) is 31.8 Å². The van der Waals surface area contributed by atoms with E-state index in [1.165, 1.54) is 5.56 Å². The van der Waals surface area contributed by atoms with Crippen LogP contribution in [0.5, 0.6) is 0 Å². The first-order chi connectivity index (χ1) is 9.79. The molecule has 1 fully saturated rings. The lowest BCUT2D eigenvalue weighted by Gasteiger charge is -2.31. The molecule has 1 aromatic rings. The van der Waals surface area contributed by atoms with Crippen LogP contribution in [0.15, 0.2) is 30.3 Å². The zero-order valence-corrected chi connectivity index (χ0v) is 12.2. The van der Waals surface area contributed by atoms with E-state index in [0.29, 0.717) is 6.10 Å². The molecule has 2 amide bonds. The molecule has 0 unspecified atom stereocenters. The van der Waals surface area contributed by atoms with Crippen molar-refractivity contribution < 1.29 is 9.53 Å². The maximum absolute atomic E-state index is 12.0. The number of carbonyl (C=O) groups excluding carboxylic acids is 1. The van der Waals surface area contributed by atoms with Gasteiger partial charge in [-0.15, -0.1) is 0 Å². The molecule has 1 aliphatic heterocycles. The molecule has 4 nitrogen and oxygen atoms in total. The number of hydrogen-bond donors (Lipinski definition) is 1. The lowest BCUT2D eigenvalue weighted by Crippen LogP contribution is -2.46. The summed E-state index contributed by atoms with van der Waals surface area (Å²) >= 11 is 0. The average molecular weight is 276 g/mol. The lowest BCUT2D eigenvalue weighted by atomic mass is 10.1. The second-order valence-electron chi connectivity index (χ2n) is 5.24. The van der Waals surface area contributed by atoms with E-state index in [1.807, 2.05) is 23.1 Å². The number of piperidine rings is 1. The van der Waals surface area contributed by atoms with Gasteiger partial charge in [0.05, 0.1) is 6.10 Å². The molecule has 0 radical (unpaired) electrons. The highest BCUT2D eigenvalue weighted by atomic mass is 16.5. The number of amides is 2. The number of rotatable bonds is 5. The van der Waals surface area contributed by atoms with E-state index in [9.17, 15) is 4.79 Å². The molecule has 1 aliphatic rings. The van der Waals surface area contributed by atoms with E-state index >= 15 is 0 Å². The second kappa shape index (κ2) is 7.90. The van der Waals surface area contributed by atoms with Crippen molar-refractivity contribution in [3.8, 4) is 0 Å². The summed E-state index contributed by atoms with van der Waals surface area (Å²) in [5.41, 5.74) is 1.32. The lowest BCUT2D eigenvalue weighted by molar-refractivity contribution is 0.0504. The van der Waals surface area contributed by atoms with Crippen LogP contribution in [0.4, 0.5) is 4.79 Å². The zero-order chi connectivity index (χ0) is 14.2. The van der Waals surface area contributed by atoms with Crippen molar-refractivity contribution in [1.82, 2.24) is 10.2 Å². The van der Waals surface area contributed by atoms with Crippen molar-refractivity contribution >= 4 is 6.03 Å². The summed E-state index contributed by atoms with van der Waals surface area (Å²) in [4.78, 5) is 13.9. The Morgan fingerprint density at radius 3 is 2.65 bits per heavy atom. The number of nitrogens with one attached hydrogen (secondary N) is 1. The molecule has 1 saturated heterocycles. The standard InChI is InChI=1S/C16H24N2O2/c1-20-15-9-12-18(13-10-15)16(19)17-11-5-8-14-6-3-2-4-7-14/h2-4,6-7,15H,5,8-13H2,1H3,(H,17,19). The predicted molar refractivity (Wildman–Crippen MR) is 79.8 cm³/mol. The number of carbonyl (C=O) groups is 1. The SMILES string of the molecule is COC1CCN(C(=O)NCCCc2ccccc2)CC1. The van der Waals surface area contributed by atoms with Crippen LogP contribution in [0, 0.1) is 0 Å². The fourth-order valence-electron chi connectivity index (χ4n) is 2.54. The molecule has 0 aliphatic carbocycles. The summed E-state index contributed by atoms with van der Waals surface area (Å²) < 4.78 is 5.31. The van der Waals surface area contributed by atoms with Crippen LogP contribution in [-0.4, -0.2) is 43.8 Å². The molecule has 0 spiro atoms. The zero-order valence-electron chi connectivity index (χ0n) is 12.2. The highest BCUT2D eigenvalue weighted by Gasteiger charge is 2.21. The third-order valence-electron chi connectivity index (χ3n) is 3.82. The van der Waals surface area contributed by atoms with Gasteiger partial charge in [0.15, 0.2) is 0 Å². The molecular weight excluding hydrogens is 252 g/mol. The van der Waals surface area contributed by atoms with E-state index in [4.69, 9.17) is 4.74 Å². The van der Waals surface area contributed by atoms with Gasteiger partial charge < -0.3 is 15.0 Å². The van der Waals surface area contributed by atoms with Gasteiger partial charge in [-0.25, -0.2) is 4.79 Å². The Bertz CT molecular complexity index is 400. The summed E-state index contributed by atoms with van der Waals surface area (Å²) in [6.45, 7) is 2.32. The van der Waals surface area contributed by atoms with Crippen LogP contribution < -0.4 is 5.32 Å². The molecule has 20 heavy (non-hydrogen) atoms. The first-order valence-electron chi connectivity index (χ1n) is 7.39. The highest BCUT2D eigenvalue weighted by molar-refractivity contribution is 5.74. The minimum absolute atomic E-state index is 0.0626. The van der Waals surface area contributed by atoms with Crippen molar-refractivity contribution in [3.63, 3.8) is 0 Å². The fourth-order valence-corrected chi connectivity index (χ4v) is 2.54. The van der Waals surface area contributed by atoms with Crippen molar-refractivity contribution in [2.75, 3.05) is 26.7 Å². The molecule has 4 heteroatoms. The monoisotopic (exact) mass is 276 g/mol. The van der Waals surface area contributed by atoms with Crippen molar-refractivity contribution in [3.05, 3.63) is 35.9 Å². The number of likely N-dealkylation sites (tertiary alicyclic amines) is 1. The fraction of sp³-hybridized carbons (Fsp3) is 0.562. The summed E-state index contributed by atoms with van der Waals surface area (Å²) in [7, 11) is 1.74. The molecule has 1 heterocycles. The van der Waals surface area contributed by atoms with Crippen LogP contribution in [-0.2, 0) is 11.2 Å². The van der Waals surface area contributed by atoms with Gasteiger partial charge in [-0.05, 0) is 31.2 Å². The molecule has 0 bridgehead atoms. The normalized spacial score (nSPS) is 16.1. The highest BCUT2D eigenvalue weighted by Crippen LogP contribution is 2.12. The number of ether oxygens (including phenoxy) is 1.